The van der Waals surface area contributed by atoms with Gasteiger partial charge in [0.05, 0.1) is 0 Å². The maximum Gasteiger partial charge on any atom is 0.128 e. The lowest BCUT2D eigenvalue weighted by atomic mass is 10.2. The molecule has 0 spiro atoms. The van der Waals surface area contributed by atoms with Crippen LogP contribution in [-0.4, -0.2) is 30.1 Å². The molecule has 0 radical (unpaired) electrons. The van der Waals surface area contributed by atoms with Gasteiger partial charge in [0.1, 0.15) is 6.34 Å². The second-order valence-electron chi connectivity index (χ2n) is 2.75. The van der Waals surface area contributed by atoms with Crippen LogP contribution in [0.25, 0.3) is 0 Å². The number of hydrazone groups is 1. The van der Waals surface area contributed by atoms with E-state index in [4.69, 9.17) is 0 Å². The highest BCUT2D eigenvalue weighted by Crippen LogP contribution is 1.99. The SMILES string of the molecule is CCCCCN1NN=CN1C. The molecule has 0 amide bonds. The maximum atomic E-state index is 3.90. The van der Waals surface area contributed by atoms with Gasteiger partial charge in [-0.15, -0.1) is 5.12 Å². The molecule has 0 saturated heterocycles. The highest BCUT2D eigenvalue weighted by Gasteiger charge is 2.10. The van der Waals surface area contributed by atoms with Gasteiger partial charge >= 0.3 is 0 Å². The Morgan fingerprint density at radius 2 is 2.27 bits per heavy atom. The second-order valence-corrected chi connectivity index (χ2v) is 2.75. The van der Waals surface area contributed by atoms with Crippen LogP contribution in [0, 0.1) is 0 Å². The quantitative estimate of drug-likeness (QED) is 0.610. The van der Waals surface area contributed by atoms with E-state index in [1.54, 1.807) is 6.34 Å². The Labute approximate surface area is 67.8 Å². The number of rotatable bonds is 4. The first-order chi connectivity index (χ1) is 5.34. The van der Waals surface area contributed by atoms with E-state index < -0.39 is 0 Å². The molecule has 0 aliphatic carbocycles. The third kappa shape index (κ3) is 2.38. The summed E-state index contributed by atoms with van der Waals surface area (Å²) in [4.78, 5) is 0. The van der Waals surface area contributed by atoms with E-state index in [0.29, 0.717) is 0 Å². The average molecular weight is 156 g/mol. The summed E-state index contributed by atoms with van der Waals surface area (Å²) in [5, 5.41) is 7.85. The summed E-state index contributed by atoms with van der Waals surface area (Å²) in [7, 11) is 1.98. The van der Waals surface area contributed by atoms with Gasteiger partial charge in [-0.3, -0.25) is 5.01 Å². The smallest absolute Gasteiger partial charge is 0.128 e. The van der Waals surface area contributed by atoms with Gasteiger partial charge in [0.2, 0.25) is 0 Å². The molecule has 0 aromatic heterocycles. The van der Waals surface area contributed by atoms with Crippen molar-refractivity contribution in [3.05, 3.63) is 0 Å². The van der Waals surface area contributed by atoms with Crippen molar-refractivity contribution in [2.24, 2.45) is 5.10 Å². The largest absolute Gasteiger partial charge is 0.278 e. The molecule has 0 saturated carbocycles. The van der Waals surface area contributed by atoms with E-state index in [0.717, 1.165) is 6.54 Å². The standard InChI is InChI=1S/C7H16N4/c1-3-4-5-6-11-9-8-7-10(11)2/h7,9H,3-6H2,1-2H3. The van der Waals surface area contributed by atoms with E-state index in [1.807, 2.05) is 17.2 Å². The van der Waals surface area contributed by atoms with Crippen molar-refractivity contribution in [1.82, 2.24) is 15.7 Å². The van der Waals surface area contributed by atoms with Crippen LogP contribution in [-0.2, 0) is 0 Å². The van der Waals surface area contributed by atoms with Crippen molar-refractivity contribution in [3.63, 3.8) is 0 Å². The van der Waals surface area contributed by atoms with E-state index in [-0.39, 0.29) is 0 Å². The van der Waals surface area contributed by atoms with Gasteiger partial charge < -0.3 is 0 Å². The van der Waals surface area contributed by atoms with Crippen molar-refractivity contribution in [1.29, 1.82) is 0 Å². The molecular formula is C7H16N4. The molecule has 0 bridgehead atoms. The van der Waals surface area contributed by atoms with Crippen molar-refractivity contribution < 1.29 is 0 Å². The van der Waals surface area contributed by atoms with Gasteiger partial charge in [-0.2, -0.15) is 5.10 Å². The normalized spacial score (nSPS) is 17.5. The molecule has 0 aromatic carbocycles. The molecular weight excluding hydrogens is 140 g/mol. The van der Waals surface area contributed by atoms with Gasteiger partial charge in [0.15, 0.2) is 0 Å². The van der Waals surface area contributed by atoms with E-state index in [1.165, 1.54) is 19.3 Å². The molecule has 0 atom stereocenters. The minimum absolute atomic E-state index is 1.03. The zero-order chi connectivity index (χ0) is 8.10. The number of unbranched alkanes of at least 4 members (excludes halogenated alkanes) is 2. The summed E-state index contributed by atoms with van der Waals surface area (Å²) in [5.74, 6) is 0. The number of hydrogen-bond acceptors (Lipinski definition) is 4. The summed E-state index contributed by atoms with van der Waals surface area (Å²) >= 11 is 0. The van der Waals surface area contributed by atoms with Crippen molar-refractivity contribution in [3.8, 4) is 0 Å². The zero-order valence-electron chi connectivity index (χ0n) is 7.25. The van der Waals surface area contributed by atoms with E-state index in [2.05, 4.69) is 17.6 Å². The molecule has 1 aliphatic heterocycles. The first-order valence-corrected chi connectivity index (χ1v) is 4.13. The molecule has 4 heteroatoms. The van der Waals surface area contributed by atoms with Crippen LogP contribution in [0.1, 0.15) is 26.2 Å². The Morgan fingerprint density at radius 1 is 1.45 bits per heavy atom. The van der Waals surface area contributed by atoms with Crippen molar-refractivity contribution in [2.45, 2.75) is 26.2 Å². The monoisotopic (exact) mass is 156 g/mol. The summed E-state index contributed by atoms with van der Waals surface area (Å²) < 4.78 is 0. The fraction of sp³-hybridized carbons (Fsp3) is 0.857. The molecule has 0 aromatic rings. The molecule has 0 unspecified atom stereocenters. The Balaban J connectivity index is 2.08. The molecule has 1 aliphatic rings. The van der Waals surface area contributed by atoms with Gasteiger partial charge in [0.25, 0.3) is 0 Å². The van der Waals surface area contributed by atoms with Crippen LogP contribution < -0.4 is 5.53 Å². The molecule has 11 heavy (non-hydrogen) atoms. The highest BCUT2D eigenvalue weighted by atomic mass is 15.9. The minimum Gasteiger partial charge on any atom is -0.278 e. The summed E-state index contributed by atoms with van der Waals surface area (Å²) in [5.41, 5.74) is 2.89. The fourth-order valence-electron chi connectivity index (χ4n) is 1.03. The predicted octanol–water partition coefficient (Wildman–Crippen LogP) is 0.787. The van der Waals surface area contributed by atoms with Crippen LogP contribution in [0.4, 0.5) is 0 Å². The second kappa shape index (κ2) is 4.18. The number of hydrazine groups is 2. The Bertz CT molecular complexity index is 134. The molecule has 1 N–H and O–H groups in total. The lowest BCUT2D eigenvalue weighted by molar-refractivity contribution is 0.0382. The van der Waals surface area contributed by atoms with Crippen LogP contribution in [0.5, 0.6) is 0 Å². The summed E-state index contributed by atoms with van der Waals surface area (Å²) in [6.45, 7) is 3.24. The van der Waals surface area contributed by atoms with Gasteiger partial charge in [-0.1, -0.05) is 19.8 Å². The summed E-state index contributed by atoms with van der Waals surface area (Å²) in [6, 6.07) is 0. The van der Waals surface area contributed by atoms with Crippen LogP contribution >= 0.6 is 0 Å². The Kier molecular flexibility index (Phi) is 3.16. The lowest BCUT2D eigenvalue weighted by Gasteiger charge is -2.22. The number of nitrogens with one attached hydrogen (secondary N) is 1. The Morgan fingerprint density at radius 3 is 2.82 bits per heavy atom. The molecule has 0 fully saturated rings. The van der Waals surface area contributed by atoms with Crippen LogP contribution in [0.3, 0.4) is 0 Å². The molecule has 4 nitrogen and oxygen atoms in total. The third-order valence-electron chi connectivity index (χ3n) is 1.75. The topological polar surface area (TPSA) is 30.9 Å². The minimum atomic E-state index is 1.03. The predicted molar refractivity (Wildman–Crippen MR) is 45.6 cm³/mol. The Hall–Kier alpha value is -0.770. The van der Waals surface area contributed by atoms with Gasteiger partial charge in [-0.25, -0.2) is 5.53 Å². The summed E-state index contributed by atoms with van der Waals surface area (Å²) in [6.07, 6.45) is 5.54. The highest BCUT2D eigenvalue weighted by molar-refractivity contribution is 5.54. The fourth-order valence-corrected chi connectivity index (χ4v) is 1.03. The first kappa shape index (κ1) is 8.33. The third-order valence-corrected chi connectivity index (χ3v) is 1.75. The molecule has 1 heterocycles. The maximum absolute atomic E-state index is 3.90. The average Bonchev–Trinajstić information content (AvgIpc) is 2.37. The van der Waals surface area contributed by atoms with Crippen LogP contribution in [0.15, 0.2) is 5.10 Å². The van der Waals surface area contributed by atoms with Gasteiger partial charge in [0, 0.05) is 13.6 Å². The van der Waals surface area contributed by atoms with E-state index >= 15 is 0 Å². The van der Waals surface area contributed by atoms with E-state index in [9.17, 15) is 0 Å². The van der Waals surface area contributed by atoms with Crippen molar-refractivity contribution in [2.75, 3.05) is 13.6 Å². The number of hydrogen-bond donors (Lipinski definition) is 1. The first-order valence-electron chi connectivity index (χ1n) is 4.13. The molecule has 1 rings (SSSR count). The van der Waals surface area contributed by atoms with Crippen molar-refractivity contribution >= 4 is 6.34 Å². The zero-order valence-corrected chi connectivity index (χ0v) is 7.25. The molecule has 64 valence electrons. The number of nitrogens with zero attached hydrogens (tertiary/aromatic N) is 3. The lowest BCUT2D eigenvalue weighted by Crippen LogP contribution is -2.40. The van der Waals surface area contributed by atoms with Crippen LogP contribution in [0.2, 0.25) is 0 Å². The van der Waals surface area contributed by atoms with Gasteiger partial charge in [-0.05, 0) is 6.42 Å².